The van der Waals surface area contributed by atoms with Gasteiger partial charge in [0, 0.05) is 23.7 Å². The molecule has 5 nitrogen and oxygen atoms in total. The maximum atomic E-state index is 12.1. The van der Waals surface area contributed by atoms with Crippen molar-refractivity contribution >= 4 is 0 Å². The van der Waals surface area contributed by atoms with Crippen LogP contribution in [0.25, 0.3) is 11.3 Å². The first-order chi connectivity index (χ1) is 9.82. The van der Waals surface area contributed by atoms with Gasteiger partial charge in [0.1, 0.15) is 5.75 Å². The zero-order valence-corrected chi connectivity index (χ0v) is 12.9. The summed E-state index contributed by atoms with van der Waals surface area (Å²) in [7, 11) is 1.63. The van der Waals surface area contributed by atoms with E-state index in [0.717, 1.165) is 11.3 Å². The molecule has 21 heavy (non-hydrogen) atoms. The molecule has 0 aliphatic heterocycles. The smallest absolute Gasteiger partial charge is 0.271 e. The number of hydrogen-bond acceptors (Lipinski definition) is 4. The highest BCUT2D eigenvalue weighted by molar-refractivity contribution is 5.60. The van der Waals surface area contributed by atoms with Gasteiger partial charge in [-0.25, -0.2) is 4.68 Å². The number of ether oxygens (including phenoxy) is 1. The van der Waals surface area contributed by atoms with E-state index in [1.807, 2.05) is 45.0 Å². The number of aryl methyl sites for hydroxylation is 1. The van der Waals surface area contributed by atoms with Gasteiger partial charge in [-0.1, -0.05) is 0 Å². The van der Waals surface area contributed by atoms with Crippen molar-refractivity contribution < 1.29 is 4.74 Å². The Hall–Kier alpha value is -2.14. The molecule has 5 heteroatoms. The second kappa shape index (κ2) is 5.69. The summed E-state index contributed by atoms with van der Waals surface area (Å²) in [5, 5.41) is 4.30. The molecule has 1 aromatic carbocycles. The minimum absolute atomic E-state index is 0.169. The van der Waals surface area contributed by atoms with Gasteiger partial charge in [-0.3, -0.25) is 4.79 Å². The fourth-order valence-corrected chi connectivity index (χ4v) is 2.10. The molecule has 0 aliphatic rings. The summed E-state index contributed by atoms with van der Waals surface area (Å²) in [6.45, 7) is 6.19. The predicted octanol–water partition coefficient (Wildman–Crippen LogP) is 2.04. The lowest BCUT2D eigenvalue weighted by Crippen LogP contribution is -2.38. The van der Waals surface area contributed by atoms with Crippen LogP contribution in [0.15, 0.2) is 35.1 Å². The van der Waals surface area contributed by atoms with Crippen LogP contribution in [-0.2, 0) is 12.6 Å². The van der Waals surface area contributed by atoms with Gasteiger partial charge >= 0.3 is 0 Å². The van der Waals surface area contributed by atoms with E-state index in [1.54, 1.807) is 13.1 Å². The summed E-state index contributed by atoms with van der Waals surface area (Å²) in [5.41, 5.74) is 7.37. The van der Waals surface area contributed by atoms with Crippen LogP contribution in [0, 0.1) is 0 Å². The minimum atomic E-state index is -0.711. The molecule has 2 rings (SSSR count). The van der Waals surface area contributed by atoms with Crippen molar-refractivity contribution in [3.63, 3.8) is 0 Å². The predicted molar refractivity (Wildman–Crippen MR) is 83.3 cm³/mol. The van der Waals surface area contributed by atoms with E-state index in [-0.39, 0.29) is 5.56 Å². The zero-order valence-electron chi connectivity index (χ0n) is 12.9. The van der Waals surface area contributed by atoms with E-state index >= 15 is 0 Å². The molecular formula is C16H21N3O2. The molecule has 112 valence electrons. The maximum Gasteiger partial charge on any atom is 0.271 e. The van der Waals surface area contributed by atoms with Crippen molar-refractivity contribution in [3.05, 3.63) is 46.2 Å². The van der Waals surface area contributed by atoms with Gasteiger partial charge in [-0.2, -0.15) is 5.10 Å². The summed E-state index contributed by atoms with van der Waals surface area (Å²) in [5.74, 6) is 0.811. The molecule has 2 aromatic rings. The molecular weight excluding hydrogens is 266 g/mol. The summed E-state index contributed by atoms with van der Waals surface area (Å²) >= 11 is 0. The van der Waals surface area contributed by atoms with Gasteiger partial charge in [0.05, 0.1) is 12.3 Å². The zero-order chi connectivity index (χ0) is 15.6. The van der Waals surface area contributed by atoms with Gasteiger partial charge in [0.15, 0.2) is 0 Å². The van der Waals surface area contributed by atoms with E-state index in [4.69, 9.17) is 10.5 Å². The maximum absolute atomic E-state index is 12.1. The monoisotopic (exact) mass is 287 g/mol. The lowest BCUT2D eigenvalue weighted by atomic mass is 9.96. The first kappa shape index (κ1) is 15.3. The van der Waals surface area contributed by atoms with Gasteiger partial charge < -0.3 is 10.5 Å². The van der Waals surface area contributed by atoms with Crippen molar-refractivity contribution in [1.29, 1.82) is 0 Å². The van der Waals surface area contributed by atoms with E-state index in [9.17, 15) is 4.79 Å². The first-order valence-corrected chi connectivity index (χ1v) is 6.94. The Balaban J connectivity index is 2.49. The number of nitrogens with two attached hydrogens (primary N) is 1. The fraction of sp³-hybridized carbons (Fsp3) is 0.375. The number of nitrogens with zero attached hydrogens (tertiary/aromatic N) is 2. The van der Waals surface area contributed by atoms with Gasteiger partial charge in [0.2, 0.25) is 0 Å². The van der Waals surface area contributed by atoms with Crippen molar-refractivity contribution in [2.45, 2.75) is 26.3 Å². The van der Waals surface area contributed by atoms with Crippen molar-refractivity contribution in [2.75, 3.05) is 6.61 Å². The molecule has 0 bridgehead atoms. The fourth-order valence-electron chi connectivity index (χ4n) is 2.10. The number of aromatic nitrogens is 2. The molecule has 0 unspecified atom stereocenters. The normalized spacial score (nSPS) is 11.5. The molecule has 2 N–H and O–H groups in total. The van der Waals surface area contributed by atoms with Crippen LogP contribution in [0.3, 0.4) is 0 Å². The highest BCUT2D eigenvalue weighted by Gasteiger charge is 2.20. The Kier molecular flexibility index (Phi) is 4.14. The van der Waals surface area contributed by atoms with Gasteiger partial charge in [-0.05, 0) is 51.1 Å². The third-order valence-corrected chi connectivity index (χ3v) is 3.22. The SMILES string of the molecule is CCOc1ccc(-c2cc(C(C)(C)N)c(=O)n(C)n2)cc1. The molecule has 0 radical (unpaired) electrons. The number of benzene rings is 1. The number of hydrogen-bond donors (Lipinski definition) is 1. The van der Waals surface area contributed by atoms with Crippen LogP contribution in [0.2, 0.25) is 0 Å². The van der Waals surface area contributed by atoms with Crippen molar-refractivity contribution in [2.24, 2.45) is 12.8 Å². The van der Waals surface area contributed by atoms with E-state index in [2.05, 4.69) is 5.10 Å². The molecule has 0 saturated heterocycles. The van der Waals surface area contributed by atoms with E-state index < -0.39 is 5.54 Å². The summed E-state index contributed by atoms with van der Waals surface area (Å²) in [6.07, 6.45) is 0. The Morgan fingerprint density at radius 2 is 1.90 bits per heavy atom. The molecule has 0 spiro atoms. The highest BCUT2D eigenvalue weighted by atomic mass is 16.5. The second-order valence-corrected chi connectivity index (χ2v) is 5.55. The Morgan fingerprint density at radius 3 is 2.43 bits per heavy atom. The molecule has 0 saturated carbocycles. The Labute approximate surface area is 124 Å². The van der Waals surface area contributed by atoms with Crippen LogP contribution in [0.4, 0.5) is 0 Å². The minimum Gasteiger partial charge on any atom is -0.494 e. The van der Waals surface area contributed by atoms with Crippen LogP contribution < -0.4 is 16.0 Å². The lowest BCUT2D eigenvalue weighted by Gasteiger charge is -2.19. The first-order valence-electron chi connectivity index (χ1n) is 6.94. The molecule has 1 heterocycles. The molecule has 1 aromatic heterocycles. The summed E-state index contributed by atoms with van der Waals surface area (Å²) in [6, 6.07) is 9.38. The van der Waals surface area contributed by atoms with Crippen LogP contribution >= 0.6 is 0 Å². The third-order valence-electron chi connectivity index (χ3n) is 3.22. The van der Waals surface area contributed by atoms with Crippen molar-refractivity contribution in [1.82, 2.24) is 9.78 Å². The molecule has 0 amide bonds. The van der Waals surface area contributed by atoms with Gasteiger partial charge in [0.25, 0.3) is 5.56 Å². The van der Waals surface area contributed by atoms with Crippen LogP contribution in [-0.4, -0.2) is 16.4 Å². The average molecular weight is 287 g/mol. The molecule has 0 atom stereocenters. The largest absolute Gasteiger partial charge is 0.494 e. The lowest BCUT2D eigenvalue weighted by molar-refractivity contribution is 0.340. The third kappa shape index (κ3) is 3.31. The van der Waals surface area contributed by atoms with E-state index in [0.29, 0.717) is 17.9 Å². The average Bonchev–Trinajstić information content (AvgIpc) is 2.41. The van der Waals surface area contributed by atoms with E-state index in [1.165, 1.54) is 4.68 Å². The standard InChI is InChI=1S/C16H21N3O2/c1-5-21-12-8-6-11(7-9-12)14-10-13(16(2,3)17)15(20)19(4)18-14/h6-10H,5,17H2,1-4H3. The summed E-state index contributed by atoms with van der Waals surface area (Å²) in [4.78, 5) is 12.1. The second-order valence-electron chi connectivity index (χ2n) is 5.55. The Morgan fingerprint density at radius 1 is 1.29 bits per heavy atom. The van der Waals surface area contributed by atoms with Gasteiger partial charge in [-0.15, -0.1) is 0 Å². The summed E-state index contributed by atoms with van der Waals surface area (Å²) < 4.78 is 6.75. The van der Waals surface area contributed by atoms with Crippen LogP contribution in [0.5, 0.6) is 5.75 Å². The van der Waals surface area contributed by atoms with Crippen molar-refractivity contribution in [3.8, 4) is 17.0 Å². The van der Waals surface area contributed by atoms with Crippen LogP contribution in [0.1, 0.15) is 26.3 Å². The molecule has 0 fully saturated rings. The topological polar surface area (TPSA) is 70.1 Å². The molecule has 0 aliphatic carbocycles. The Bertz CT molecular complexity index is 682. The number of rotatable bonds is 4. The quantitative estimate of drug-likeness (QED) is 0.934. The highest BCUT2D eigenvalue weighted by Crippen LogP contribution is 2.23.